The van der Waals surface area contributed by atoms with Gasteiger partial charge in [-0.15, -0.1) is 0 Å². The third-order valence-electron chi connectivity index (χ3n) is 5.06. The fraction of sp³-hybridized carbons (Fsp3) is 0.429. The van der Waals surface area contributed by atoms with E-state index in [9.17, 15) is 13.2 Å². The van der Waals surface area contributed by atoms with E-state index < -0.39 is 16.0 Å². The third-order valence-corrected chi connectivity index (χ3v) is 8.11. The molecule has 0 N–H and O–H groups in total. The molecule has 10 heteroatoms. The quantitative estimate of drug-likeness (QED) is 0.347. The molecule has 0 saturated heterocycles. The van der Waals surface area contributed by atoms with E-state index in [-0.39, 0.29) is 4.90 Å². The van der Waals surface area contributed by atoms with E-state index in [0.29, 0.717) is 48.0 Å². The largest absolute Gasteiger partial charge is 0.465 e. The maximum atomic E-state index is 12.9. The molecule has 3 aromatic rings. The topological polar surface area (TPSA) is 94.6 Å². The van der Waals surface area contributed by atoms with E-state index in [1.807, 2.05) is 25.3 Å². The molecule has 0 saturated carbocycles. The maximum absolute atomic E-state index is 12.9. The molecule has 31 heavy (non-hydrogen) atoms. The van der Waals surface area contributed by atoms with Crippen molar-refractivity contribution in [2.75, 3.05) is 20.2 Å². The number of carbonyl (C=O) groups excluding carboxylic acids is 1. The van der Waals surface area contributed by atoms with Crippen LogP contribution in [0.1, 0.15) is 42.6 Å². The Hall–Kier alpha value is -2.30. The van der Waals surface area contributed by atoms with Gasteiger partial charge in [-0.3, -0.25) is 0 Å². The number of ether oxygens (including phenoxy) is 1. The second-order valence-electron chi connectivity index (χ2n) is 6.84. The van der Waals surface area contributed by atoms with Crippen LogP contribution in [-0.2, 0) is 27.1 Å². The van der Waals surface area contributed by atoms with E-state index >= 15 is 0 Å². The summed E-state index contributed by atoms with van der Waals surface area (Å²) in [6.45, 7) is 8.89. The number of nitrogens with zero attached hydrogens (tertiary/aromatic N) is 3. The van der Waals surface area contributed by atoms with Crippen LogP contribution < -0.4 is 0 Å². The van der Waals surface area contributed by atoms with Crippen LogP contribution in [0.25, 0.3) is 11.0 Å². The van der Waals surface area contributed by atoms with Gasteiger partial charge in [0.15, 0.2) is 5.16 Å². The molecule has 0 atom stereocenters. The molecule has 1 aromatic carbocycles. The summed E-state index contributed by atoms with van der Waals surface area (Å²) >= 11 is 1.47. The lowest BCUT2D eigenvalue weighted by molar-refractivity contribution is 0.0598. The Morgan fingerprint density at radius 2 is 1.94 bits per heavy atom. The summed E-state index contributed by atoms with van der Waals surface area (Å²) in [5.41, 5.74) is 1.91. The smallest absolute Gasteiger partial charge is 0.341 e. The minimum absolute atomic E-state index is 0.241. The van der Waals surface area contributed by atoms with Crippen molar-refractivity contribution in [3.8, 4) is 0 Å². The van der Waals surface area contributed by atoms with Crippen LogP contribution in [0, 0.1) is 6.92 Å². The number of rotatable bonds is 9. The highest BCUT2D eigenvalue weighted by Crippen LogP contribution is 2.30. The second-order valence-corrected chi connectivity index (χ2v) is 9.72. The molecule has 0 spiro atoms. The summed E-state index contributed by atoms with van der Waals surface area (Å²) in [7, 11) is -2.22. The van der Waals surface area contributed by atoms with Gasteiger partial charge in [0.2, 0.25) is 10.0 Å². The summed E-state index contributed by atoms with van der Waals surface area (Å²) in [5, 5.41) is 0.753. The zero-order valence-corrected chi connectivity index (χ0v) is 20.0. The van der Waals surface area contributed by atoms with E-state index in [0.717, 1.165) is 10.7 Å². The number of furan rings is 1. The maximum Gasteiger partial charge on any atom is 0.341 e. The zero-order chi connectivity index (χ0) is 22.8. The normalized spacial score (nSPS) is 12.1. The molecule has 0 unspecified atom stereocenters. The van der Waals surface area contributed by atoms with E-state index in [4.69, 9.17) is 9.15 Å². The number of thioether (sulfide) groups is 1. The molecule has 0 radical (unpaired) electrons. The highest BCUT2D eigenvalue weighted by molar-refractivity contribution is 7.98. The second kappa shape index (κ2) is 9.46. The number of aryl methyl sites for hydroxylation is 2. The molecule has 0 bridgehead atoms. The summed E-state index contributed by atoms with van der Waals surface area (Å²) in [6.07, 6.45) is 0. The van der Waals surface area contributed by atoms with Crippen molar-refractivity contribution in [3.05, 3.63) is 41.3 Å². The molecule has 8 nitrogen and oxygen atoms in total. The Morgan fingerprint density at radius 3 is 2.55 bits per heavy atom. The van der Waals surface area contributed by atoms with Crippen molar-refractivity contribution in [3.63, 3.8) is 0 Å². The minimum atomic E-state index is -3.55. The lowest BCUT2D eigenvalue weighted by atomic mass is 10.2. The first-order valence-corrected chi connectivity index (χ1v) is 12.5. The molecule has 2 aromatic heterocycles. The lowest BCUT2D eigenvalue weighted by Crippen LogP contribution is -2.30. The van der Waals surface area contributed by atoms with Crippen LogP contribution in [0.4, 0.5) is 0 Å². The number of fused-ring (bicyclic) bond motifs is 1. The molecule has 0 aliphatic rings. The Balaban J connectivity index is 1.91. The summed E-state index contributed by atoms with van der Waals surface area (Å²) in [4.78, 5) is 16.7. The van der Waals surface area contributed by atoms with Crippen LogP contribution in [0.2, 0.25) is 0 Å². The van der Waals surface area contributed by atoms with Gasteiger partial charge in [0.25, 0.3) is 0 Å². The van der Waals surface area contributed by atoms with Gasteiger partial charge in [0, 0.05) is 19.6 Å². The summed E-state index contributed by atoms with van der Waals surface area (Å²) in [6, 6.07) is 6.75. The first-order chi connectivity index (χ1) is 14.8. The number of imidazole rings is 1. The van der Waals surface area contributed by atoms with E-state index in [2.05, 4.69) is 4.98 Å². The fourth-order valence-corrected chi connectivity index (χ4v) is 5.88. The average molecular weight is 466 g/mol. The summed E-state index contributed by atoms with van der Waals surface area (Å²) < 4.78 is 39.6. The predicted molar refractivity (Wildman–Crippen MR) is 120 cm³/mol. The molecule has 3 rings (SSSR count). The fourth-order valence-electron chi connectivity index (χ4n) is 3.44. The monoisotopic (exact) mass is 465 g/mol. The van der Waals surface area contributed by atoms with Crippen LogP contribution in [0.3, 0.4) is 0 Å². The van der Waals surface area contributed by atoms with Gasteiger partial charge in [-0.05, 0) is 38.1 Å². The van der Waals surface area contributed by atoms with Gasteiger partial charge in [0.05, 0.1) is 28.8 Å². The zero-order valence-electron chi connectivity index (χ0n) is 18.3. The van der Waals surface area contributed by atoms with Crippen molar-refractivity contribution < 1.29 is 22.4 Å². The molecule has 2 heterocycles. The predicted octanol–water partition coefficient (Wildman–Crippen LogP) is 4.07. The Morgan fingerprint density at radius 1 is 1.23 bits per heavy atom. The molecular weight excluding hydrogens is 438 g/mol. The molecule has 0 aliphatic heterocycles. The SMILES string of the molecule is CCN(CC)S(=O)(=O)c1ccc2c(c1)nc(SCc1cc(C(=O)OC)c(C)o1)n2CC. The highest BCUT2D eigenvalue weighted by Gasteiger charge is 2.23. The molecule has 0 aliphatic carbocycles. The Bertz CT molecular complexity index is 1190. The van der Waals surface area contributed by atoms with Gasteiger partial charge < -0.3 is 13.7 Å². The molecular formula is C21H27N3O5S2. The van der Waals surface area contributed by atoms with Crippen molar-refractivity contribution in [1.82, 2.24) is 13.9 Å². The minimum Gasteiger partial charge on any atom is -0.465 e. The van der Waals surface area contributed by atoms with Gasteiger partial charge in [-0.2, -0.15) is 4.31 Å². The van der Waals surface area contributed by atoms with Crippen LogP contribution in [-0.4, -0.2) is 48.4 Å². The van der Waals surface area contributed by atoms with Crippen molar-refractivity contribution in [2.24, 2.45) is 0 Å². The summed E-state index contributed by atoms with van der Waals surface area (Å²) in [5.74, 6) is 1.20. The number of hydrogen-bond acceptors (Lipinski definition) is 7. The van der Waals surface area contributed by atoms with Crippen LogP contribution in [0.15, 0.2) is 38.7 Å². The van der Waals surface area contributed by atoms with Crippen molar-refractivity contribution >= 4 is 38.8 Å². The molecule has 168 valence electrons. The van der Waals surface area contributed by atoms with Crippen LogP contribution >= 0.6 is 11.8 Å². The number of carbonyl (C=O) groups is 1. The van der Waals surface area contributed by atoms with E-state index in [1.54, 1.807) is 31.2 Å². The van der Waals surface area contributed by atoms with Crippen LogP contribution in [0.5, 0.6) is 0 Å². The van der Waals surface area contributed by atoms with Gasteiger partial charge in [0.1, 0.15) is 17.1 Å². The number of esters is 1. The number of sulfonamides is 1. The van der Waals surface area contributed by atoms with Gasteiger partial charge in [-0.1, -0.05) is 25.6 Å². The lowest BCUT2D eigenvalue weighted by Gasteiger charge is -2.18. The molecule has 0 amide bonds. The third kappa shape index (κ3) is 4.51. The van der Waals surface area contributed by atoms with E-state index in [1.165, 1.54) is 23.2 Å². The Kier molecular flexibility index (Phi) is 7.13. The number of hydrogen-bond donors (Lipinski definition) is 0. The van der Waals surface area contributed by atoms with Crippen molar-refractivity contribution in [2.45, 2.75) is 50.0 Å². The standard InChI is InChI=1S/C21H27N3O5S2/c1-6-23(7-2)31(26,27)16-9-10-19-18(12-16)22-21(24(19)8-3)30-13-15-11-17(14(4)29-15)20(25)28-5/h9-12H,6-8,13H2,1-5H3. The Labute approximate surface area is 186 Å². The van der Waals surface area contributed by atoms with Gasteiger partial charge in [-0.25, -0.2) is 18.2 Å². The first kappa shape index (κ1) is 23.4. The van der Waals surface area contributed by atoms with Gasteiger partial charge >= 0.3 is 5.97 Å². The number of benzene rings is 1. The van der Waals surface area contributed by atoms with Crippen molar-refractivity contribution in [1.29, 1.82) is 0 Å². The highest BCUT2D eigenvalue weighted by atomic mass is 32.2. The number of methoxy groups -OCH3 is 1. The average Bonchev–Trinajstić information content (AvgIpc) is 3.31. The number of aromatic nitrogens is 2. The first-order valence-electron chi connectivity index (χ1n) is 10.1. The molecule has 0 fully saturated rings.